The Hall–Kier alpha value is -1.70. The largest absolute Gasteiger partial charge is 0.385 e. The molecule has 0 aliphatic rings. The van der Waals surface area contributed by atoms with E-state index in [2.05, 4.69) is 12.1 Å². The molecule has 0 saturated heterocycles. The second-order valence-electron chi connectivity index (χ2n) is 2.98. The summed E-state index contributed by atoms with van der Waals surface area (Å²) in [4.78, 5) is 0. The predicted molar refractivity (Wildman–Crippen MR) is 57.4 cm³/mol. The van der Waals surface area contributed by atoms with Crippen LogP contribution in [0.15, 0.2) is 36.4 Å². The number of aromatic nitrogens is 1. The fourth-order valence-electron chi connectivity index (χ4n) is 1.51. The van der Waals surface area contributed by atoms with Gasteiger partial charge in [-0.25, -0.2) is 0 Å². The molecule has 0 spiro atoms. The Labute approximate surface area is 77.3 Å². The summed E-state index contributed by atoms with van der Waals surface area (Å²) < 4.78 is 1.98. The Morgan fingerprint density at radius 1 is 1.31 bits per heavy atom. The maximum Gasteiger partial charge on any atom is 0.108 e. The van der Waals surface area contributed by atoms with Crippen LogP contribution >= 0.6 is 0 Å². The average molecular weight is 172 g/mol. The van der Waals surface area contributed by atoms with Crippen molar-refractivity contribution in [2.45, 2.75) is 6.92 Å². The summed E-state index contributed by atoms with van der Waals surface area (Å²) in [6.07, 6.45) is 3.94. The highest BCUT2D eigenvalue weighted by molar-refractivity contribution is 5.86. The van der Waals surface area contributed by atoms with E-state index in [0.29, 0.717) is 0 Å². The third-order valence-corrected chi connectivity index (χ3v) is 2.08. The minimum absolute atomic E-state index is 0.777. The number of benzene rings is 1. The molecule has 0 unspecified atom stereocenters. The number of anilines is 1. The van der Waals surface area contributed by atoms with E-state index in [0.717, 1.165) is 11.3 Å². The van der Waals surface area contributed by atoms with Gasteiger partial charge in [0, 0.05) is 11.6 Å². The Balaban J connectivity index is 2.78. The molecule has 1 aromatic heterocycles. The highest BCUT2D eigenvalue weighted by Crippen LogP contribution is 2.21. The molecular formula is C11H12N2. The lowest BCUT2D eigenvalue weighted by Crippen LogP contribution is -1.93. The average Bonchev–Trinajstić information content (AvgIpc) is 2.44. The summed E-state index contributed by atoms with van der Waals surface area (Å²) >= 11 is 0. The molecular weight excluding hydrogens is 160 g/mol. The normalized spacial score (nSPS) is 11.5. The van der Waals surface area contributed by atoms with E-state index in [1.165, 1.54) is 5.39 Å². The third-order valence-electron chi connectivity index (χ3n) is 2.08. The Bertz CT molecular complexity index is 452. The number of hydrogen-bond acceptors (Lipinski definition) is 1. The smallest absolute Gasteiger partial charge is 0.108 e. The molecule has 13 heavy (non-hydrogen) atoms. The maximum absolute atomic E-state index is 5.85. The van der Waals surface area contributed by atoms with E-state index in [1.807, 2.05) is 42.0 Å². The van der Waals surface area contributed by atoms with Gasteiger partial charge < -0.3 is 10.3 Å². The van der Waals surface area contributed by atoms with Crippen molar-refractivity contribution < 1.29 is 0 Å². The zero-order valence-corrected chi connectivity index (χ0v) is 7.57. The molecule has 2 rings (SSSR count). The zero-order chi connectivity index (χ0) is 9.26. The fourth-order valence-corrected chi connectivity index (χ4v) is 1.51. The van der Waals surface area contributed by atoms with Crippen LogP contribution in [0.25, 0.3) is 17.1 Å². The molecule has 1 aromatic carbocycles. The number of nitrogen functional groups attached to an aromatic ring is 1. The van der Waals surface area contributed by atoms with Gasteiger partial charge in [-0.3, -0.25) is 0 Å². The predicted octanol–water partition coefficient (Wildman–Crippen LogP) is 2.71. The van der Waals surface area contributed by atoms with Crippen molar-refractivity contribution in [2.75, 3.05) is 5.73 Å². The molecule has 2 aromatic rings. The molecule has 0 fully saturated rings. The molecule has 0 amide bonds. The van der Waals surface area contributed by atoms with Gasteiger partial charge >= 0.3 is 0 Å². The minimum atomic E-state index is 0.777. The molecule has 1 heterocycles. The summed E-state index contributed by atoms with van der Waals surface area (Å²) in [6, 6.07) is 10.1. The first-order chi connectivity index (χ1) is 6.33. The molecule has 2 heteroatoms. The number of nitrogens with zero attached hydrogens (tertiary/aromatic N) is 1. The molecule has 0 radical (unpaired) electrons. The van der Waals surface area contributed by atoms with Gasteiger partial charge in [-0.1, -0.05) is 24.3 Å². The quantitative estimate of drug-likeness (QED) is 0.704. The number of nitrogens with two attached hydrogens (primary N) is 1. The molecule has 2 N–H and O–H groups in total. The van der Waals surface area contributed by atoms with Gasteiger partial charge in [-0.15, -0.1) is 0 Å². The van der Waals surface area contributed by atoms with Gasteiger partial charge in [0.15, 0.2) is 0 Å². The number of fused-ring (bicyclic) bond motifs is 1. The molecule has 2 nitrogen and oxygen atoms in total. The van der Waals surface area contributed by atoms with Gasteiger partial charge in [0.25, 0.3) is 0 Å². The van der Waals surface area contributed by atoms with Crippen molar-refractivity contribution >= 4 is 22.9 Å². The summed E-state index contributed by atoms with van der Waals surface area (Å²) in [5, 5.41) is 1.18. The van der Waals surface area contributed by atoms with Crippen molar-refractivity contribution in [1.29, 1.82) is 0 Å². The first-order valence-electron chi connectivity index (χ1n) is 4.31. The van der Waals surface area contributed by atoms with Crippen molar-refractivity contribution in [1.82, 2.24) is 4.57 Å². The van der Waals surface area contributed by atoms with E-state index in [4.69, 9.17) is 5.73 Å². The van der Waals surface area contributed by atoms with Gasteiger partial charge in [0.2, 0.25) is 0 Å². The van der Waals surface area contributed by atoms with Crippen molar-refractivity contribution in [3.8, 4) is 0 Å². The topological polar surface area (TPSA) is 30.9 Å². The van der Waals surface area contributed by atoms with Crippen LogP contribution in [0.4, 0.5) is 5.82 Å². The first-order valence-corrected chi connectivity index (χ1v) is 4.31. The second-order valence-corrected chi connectivity index (χ2v) is 2.98. The summed E-state index contributed by atoms with van der Waals surface area (Å²) in [5.74, 6) is 0.777. The van der Waals surface area contributed by atoms with Crippen LogP contribution in [0.1, 0.15) is 6.92 Å². The molecule has 0 aliphatic carbocycles. The number of rotatable bonds is 1. The monoisotopic (exact) mass is 172 g/mol. The summed E-state index contributed by atoms with van der Waals surface area (Å²) in [6.45, 7) is 1.98. The SMILES string of the molecule is C/C=C\n1c(N)cc2ccccc21. The Kier molecular flexibility index (Phi) is 1.81. The highest BCUT2D eigenvalue weighted by atomic mass is 15.0. The van der Waals surface area contributed by atoms with Crippen LogP contribution in [0.5, 0.6) is 0 Å². The van der Waals surface area contributed by atoms with E-state index < -0.39 is 0 Å². The number of allylic oxidation sites excluding steroid dienone is 1. The van der Waals surface area contributed by atoms with E-state index in [-0.39, 0.29) is 0 Å². The number of para-hydroxylation sites is 1. The lowest BCUT2D eigenvalue weighted by atomic mass is 10.2. The molecule has 0 atom stereocenters. The first kappa shape index (κ1) is 7.92. The Morgan fingerprint density at radius 3 is 2.85 bits per heavy atom. The Morgan fingerprint density at radius 2 is 2.08 bits per heavy atom. The van der Waals surface area contributed by atoms with E-state index >= 15 is 0 Å². The lowest BCUT2D eigenvalue weighted by molar-refractivity contribution is 1.23. The molecule has 0 aliphatic heterocycles. The van der Waals surface area contributed by atoms with Crippen LogP contribution in [0, 0.1) is 0 Å². The van der Waals surface area contributed by atoms with Crippen LogP contribution in [0.2, 0.25) is 0 Å². The van der Waals surface area contributed by atoms with Gasteiger partial charge in [0.1, 0.15) is 5.82 Å². The van der Waals surface area contributed by atoms with Crippen molar-refractivity contribution in [3.05, 3.63) is 36.4 Å². The van der Waals surface area contributed by atoms with Gasteiger partial charge in [-0.2, -0.15) is 0 Å². The molecule has 0 bridgehead atoms. The number of hydrogen-bond donors (Lipinski definition) is 1. The van der Waals surface area contributed by atoms with Crippen molar-refractivity contribution in [3.63, 3.8) is 0 Å². The maximum atomic E-state index is 5.85. The van der Waals surface area contributed by atoms with Crippen LogP contribution in [-0.2, 0) is 0 Å². The fraction of sp³-hybridized carbons (Fsp3) is 0.0909. The van der Waals surface area contributed by atoms with Gasteiger partial charge in [0.05, 0.1) is 5.52 Å². The highest BCUT2D eigenvalue weighted by Gasteiger charge is 2.01. The summed E-state index contributed by atoms with van der Waals surface area (Å²) in [7, 11) is 0. The van der Waals surface area contributed by atoms with Crippen LogP contribution in [-0.4, -0.2) is 4.57 Å². The van der Waals surface area contributed by atoms with Crippen LogP contribution in [0.3, 0.4) is 0 Å². The van der Waals surface area contributed by atoms with Crippen LogP contribution < -0.4 is 5.73 Å². The third kappa shape index (κ3) is 1.20. The lowest BCUT2D eigenvalue weighted by Gasteiger charge is -1.98. The van der Waals surface area contributed by atoms with E-state index in [9.17, 15) is 0 Å². The van der Waals surface area contributed by atoms with E-state index in [1.54, 1.807) is 0 Å². The zero-order valence-electron chi connectivity index (χ0n) is 7.57. The van der Waals surface area contributed by atoms with Gasteiger partial charge in [-0.05, 0) is 19.1 Å². The molecule has 66 valence electrons. The molecule has 0 saturated carbocycles. The minimum Gasteiger partial charge on any atom is -0.385 e. The van der Waals surface area contributed by atoms with Crippen molar-refractivity contribution in [2.24, 2.45) is 0 Å². The standard InChI is InChI=1S/C11H12N2/c1-2-7-13-10-6-4-3-5-9(10)8-11(13)12/h2-8H,12H2,1H3/b7-2-. The summed E-state index contributed by atoms with van der Waals surface area (Å²) in [5.41, 5.74) is 7.00. The second kappa shape index (κ2) is 2.98.